The molecule has 2 aromatic heterocycles. The van der Waals surface area contributed by atoms with Crippen LogP contribution in [0.3, 0.4) is 0 Å². The number of halogens is 1. The predicted molar refractivity (Wildman–Crippen MR) is 147 cm³/mol. The second-order valence-electron chi connectivity index (χ2n) is 9.09. The highest BCUT2D eigenvalue weighted by Gasteiger charge is 2.53. The van der Waals surface area contributed by atoms with E-state index in [1.54, 1.807) is 17.0 Å². The molecule has 0 aromatic carbocycles. The number of hydrogen-bond acceptors (Lipinski definition) is 13. The molecule has 18 heteroatoms. The fraction of sp³-hybridized carbons (Fsp3) is 0.375. The number of fused-ring (bicyclic) bond motifs is 1. The molecule has 2 aliphatic heterocycles. The maximum Gasteiger partial charge on any atom is 0.347 e. The maximum absolute atomic E-state index is 14.4. The van der Waals surface area contributed by atoms with Gasteiger partial charge in [-0.3, -0.25) is 14.5 Å². The highest BCUT2D eigenvalue weighted by molar-refractivity contribution is 8.00. The van der Waals surface area contributed by atoms with Gasteiger partial charge in [0.15, 0.2) is 29.8 Å². The number of amides is 2. The van der Waals surface area contributed by atoms with E-state index in [0.717, 1.165) is 30.6 Å². The summed E-state index contributed by atoms with van der Waals surface area (Å²) in [6, 6.07) is 2.48. The molecule has 0 unspecified atom stereocenters. The lowest BCUT2D eigenvalue weighted by atomic mass is 10.0. The first-order valence-corrected chi connectivity index (χ1v) is 14.3. The largest absolute Gasteiger partial charge is 0.543 e. The predicted octanol–water partition coefficient (Wildman–Crippen LogP) is -1.92. The molecule has 6 N–H and O–H groups in total. The highest BCUT2D eigenvalue weighted by Crippen LogP contribution is 2.40. The van der Waals surface area contributed by atoms with Crippen molar-refractivity contribution in [3.63, 3.8) is 0 Å². The van der Waals surface area contributed by atoms with E-state index in [1.807, 2.05) is 19.2 Å². The first kappa shape index (κ1) is 30.7. The van der Waals surface area contributed by atoms with E-state index < -0.39 is 57.8 Å². The first-order chi connectivity index (χ1) is 20.0. The third-order valence-electron chi connectivity index (χ3n) is 6.19. The highest BCUT2D eigenvalue weighted by atomic mass is 32.2. The number of nitrogens with two attached hydrogens (primary N) is 1. The number of rotatable bonds is 13. The van der Waals surface area contributed by atoms with Crippen LogP contribution in [0.1, 0.15) is 12.6 Å². The van der Waals surface area contributed by atoms with Crippen LogP contribution in [0.15, 0.2) is 41.0 Å². The van der Waals surface area contributed by atoms with Crippen molar-refractivity contribution in [2.45, 2.75) is 31.0 Å². The summed E-state index contributed by atoms with van der Waals surface area (Å²) in [5.74, 6) is -4.55. The minimum Gasteiger partial charge on any atom is -0.543 e. The van der Waals surface area contributed by atoms with Crippen molar-refractivity contribution in [1.82, 2.24) is 20.5 Å². The fourth-order valence-electron chi connectivity index (χ4n) is 4.07. The number of carboxylic acid groups (broad SMARTS) is 2. The van der Waals surface area contributed by atoms with Crippen molar-refractivity contribution in [3.05, 3.63) is 46.6 Å². The second kappa shape index (κ2) is 13.1. The number of β-lactam (4-membered cyclic amide) rings is 1. The molecule has 3 atom stereocenters. The van der Waals surface area contributed by atoms with Crippen LogP contribution in [0.5, 0.6) is 0 Å². The average molecular weight is 623 g/mol. The Bertz CT molecular complexity index is 1450. The Morgan fingerprint density at radius 2 is 2.07 bits per heavy atom. The Kier molecular flexibility index (Phi) is 9.59. The van der Waals surface area contributed by atoms with Gasteiger partial charge in [0.25, 0.3) is 11.8 Å². The Morgan fingerprint density at radius 1 is 1.36 bits per heavy atom. The smallest absolute Gasteiger partial charge is 0.347 e. The number of nitrogens with zero attached hydrogens (tertiary/aromatic N) is 4. The van der Waals surface area contributed by atoms with Crippen LogP contribution in [0.4, 0.5) is 15.2 Å². The molecule has 4 rings (SSSR count). The Labute approximate surface area is 246 Å². The molecule has 2 amide bonds. The van der Waals surface area contributed by atoms with E-state index in [0.29, 0.717) is 16.9 Å². The monoisotopic (exact) mass is 622 g/mol. The van der Waals surface area contributed by atoms with Gasteiger partial charge < -0.3 is 41.5 Å². The summed E-state index contributed by atoms with van der Waals surface area (Å²) in [4.78, 5) is 59.0. The lowest BCUT2D eigenvalue weighted by Crippen LogP contribution is -2.71. The van der Waals surface area contributed by atoms with Gasteiger partial charge in [-0.1, -0.05) is 16.5 Å². The number of thiazole rings is 1. The Hall–Kier alpha value is -4.29. The number of aromatic nitrogens is 2. The third-order valence-corrected chi connectivity index (χ3v) is 8.20. The number of carbonyl (C=O) groups excluding carboxylic acids is 3. The summed E-state index contributed by atoms with van der Waals surface area (Å²) in [6.45, 7) is 2.82. The molecule has 15 nitrogen and oxygen atoms in total. The van der Waals surface area contributed by atoms with Crippen LogP contribution >= 0.6 is 23.1 Å². The topological polar surface area (TPSA) is 215 Å². The lowest BCUT2D eigenvalue weighted by molar-refractivity contribution is -0.689. The van der Waals surface area contributed by atoms with Gasteiger partial charge in [-0.15, -0.1) is 11.8 Å². The minimum absolute atomic E-state index is 0.182. The van der Waals surface area contributed by atoms with Gasteiger partial charge in [-0.05, 0) is 14.0 Å². The molecule has 2 aliphatic rings. The van der Waals surface area contributed by atoms with Crippen LogP contribution in [0, 0.1) is 5.13 Å². The average Bonchev–Trinajstić information content (AvgIpc) is 3.29. The van der Waals surface area contributed by atoms with Crippen molar-refractivity contribution in [2.24, 2.45) is 5.16 Å². The van der Waals surface area contributed by atoms with Crippen molar-refractivity contribution in [3.8, 4) is 0 Å². The van der Waals surface area contributed by atoms with Crippen LogP contribution in [0.25, 0.3) is 0 Å². The number of carbonyl (C=O) groups is 4. The Morgan fingerprint density at radius 3 is 2.67 bits per heavy atom. The van der Waals surface area contributed by atoms with Crippen molar-refractivity contribution >= 4 is 63.4 Å². The molecule has 2 aromatic rings. The van der Waals surface area contributed by atoms with E-state index in [2.05, 4.69) is 26.1 Å². The number of pyridine rings is 1. The van der Waals surface area contributed by atoms with E-state index in [-0.39, 0.29) is 23.1 Å². The molecule has 0 aliphatic carbocycles. The minimum atomic E-state index is -1.54. The van der Waals surface area contributed by atoms with Crippen LogP contribution in [0.2, 0.25) is 0 Å². The van der Waals surface area contributed by atoms with Crippen molar-refractivity contribution in [1.29, 1.82) is 0 Å². The molecule has 0 saturated carbocycles. The third kappa shape index (κ3) is 6.60. The number of carboxylic acids is 2. The number of thioether (sulfide) groups is 1. The summed E-state index contributed by atoms with van der Waals surface area (Å²) < 4.78 is 16.2. The number of nitrogen functional groups attached to an aromatic ring is 1. The zero-order valence-electron chi connectivity index (χ0n) is 22.3. The van der Waals surface area contributed by atoms with Gasteiger partial charge >= 0.3 is 5.97 Å². The summed E-state index contributed by atoms with van der Waals surface area (Å²) in [5, 5.41) is 31.3. The van der Waals surface area contributed by atoms with Gasteiger partial charge in [0.2, 0.25) is 11.2 Å². The number of hydrogen-bond donors (Lipinski definition) is 5. The van der Waals surface area contributed by atoms with Crippen LogP contribution < -0.4 is 31.4 Å². The van der Waals surface area contributed by atoms with Gasteiger partial charge in [0, 0.05) is 42.2 Å². The molecule has 1 fully saturated rings. The SMILES string of the molecule is CNCCNc1cc[n+](CC2=C(C(=O)[O-])N3C(=O)[C@@H](NC(=O)/C(=N\O[C@@H](C)C(=O)O)c4nc(N)sc4F)[C@H]3SC2)cc1. The molecular formula is C24H27FN8O7S2. The zero-order valence-corrected chi connectivity index (χ0v) is 24.0. The first-order valence-electron chi connectivity index (χ1n) is 12.5. The summed E-state index contributed by atoms with van der Waals surface area (Å²) in [5.41, 5.74) is 5.23. The number of aliphatic carboxylic acids is 2. The van der Waals surface area contributed by atoms with Crippen molar-refractivity contribution in [2.75, 3.05) is 36.9 Å². The van der Waals surface area contributed by atoms with Crippen LogP contribution in [-0.2, 0) is 30.6 Å². The van der Waals surface area contributed by atoms with Gasteiger partial charge in [0.1, 0.15) is 17.1 Å². The lowest BCUT2D eigenvalue weighted by Gasteiger charge is -2.50. The van der Waals surface area contributed by atoms with Gasteiger partial charge in [-0.25, -0.2) is 14.3 Å². The quantitative estimate of drug-likeness (QED) is 0.0544. The van der Waals surface area contributed by atoms with Gasteiger partial charge in [-0.2, -0.15) is 4.39 Å². The van der Waals surface area contributed by atoms with Gasteiger partial charge in [0.05, 0.1) is 11.7 Å². The Balaban J connectivity index is 1.50. The molecule has 224 valence electrons. The second-order valence-corrected chi connectivity index (χ2v) is 11.2. The molecular weight excluding hydrogens is 595 g/mol. The summed E-state index contributed by atoms with van der Waals surface area (Å²) in [7, 11) is 1.85. The number of nitrogens with one attached hydrogen (secondary N) is 3. The molecule has 0 spiro atoms. The number of oxime groups is 1. The van der Waals surface area contributed by atoms with E-state index in [9.17, 15) is 28.7 Å². The number of anilines is 2. The van der Waals surface area contributed by atoms with E-state index >= 15 is 0 Å². The summed E-state index contributed by atoms with van der Waals surface area (Å²) >= 11 is 1.65. The van der Waals surface area contributed by atoms with Crippen molar-refractivity contribution < 1.29 is 43.2 Å². The van der Waals surface area contributed by atoms with Crippen LogP contribution in [-0.4, -0.2) is 87.9 Å². The zero-order chi connectivity index (χ0) is 30.6. The van der Waals surface area contributed by atoms with E-state index in [4.69, 9.17) is 15.7 Å². The number of likely N-dealkylation sites (N-methyl/N-ethyl adjacent to an activating group) is 1. The molecule has 4 heterocycles. The fourth-order valence-corrected chi connectivity index (χ4v) is 5.96. The molecule has 42 heavy (non-hydrogen) atoms. The summed E-state index contributed by atoms with van der Waals surface area (Å²) in [6.07, 6.45) is 2.06. The van der Waals surface area contributed by atoms with E-state index in [1.165, 1.54) is 11.8 Å². The normalized spacial score (nSPS) is 19.1. The maximum atomic E-state index is 14.4. The standard InChI is InChI=1S/C24H27FN8O7S2/c1-11(22(36)37)40-31-15(14-18(25)42-24(26)30-14)19(34)29-16-20(35)33-17(23(38)39)12(10-41-21(16)33)9-32-7-3-13(4-8-32)28-6-5-27-2/h3-4,7-8,11,16,21,27H,5-6,9-10H2,1-2H3,(H5,26,29,30,34,36,37,38,39)/b31-15-/t11-,16+,21+/m0/s1. The molecule has 0 bridgehead atoms. The molecule has 0 radical (unpaired) electrons. The molecule has 1 saturated heterocycles.